The van der Waals surface area contributed by atoms with Crippen LogP contribution in [0.2, 0.25) is 5.02 Å². The molecule has 0 spiro atoms. The minimum absolute atomic E-state index is 0.00856. The molecule has 2 aliphatic heterocycles. The number of halogens is 1. The summed E-state index contributed by atoms with van der Waals surface area (Å²) >= 11 is 6.41. The molecule has 1 saturated heterocycles. The van der Waals surface area contributed by atoms with Crippen LogP contribution in [0.25, 0.3) is 0 Å². The van der Waals surface area contributed by atoms with E-state index in [1.807, 2.05) is 64.4 Å². The average molecular weight is 516 g/mol. The van der Waals surface area contributed by atoms with Gasteiger partial charge in [-0.1, -0.05) is 85.6 Å². The first-order chi connectivity index (χ1) is 18.1. The SMILES string of the molecule is CCCCN1C(=O)c2ccccc2[C@H](C(=O)N2CCN(Cc3ccccc3)CC2)[C@H]1c1cccc(Cl)c1. The number of hydrogen-bond acceptors (Lipinski definition) is 3. The molecule has 5 nitrogen and oxygen atoms in total. The molecule has 0 aromatic heterocycles. The molecule has 0 aliphatic carbocycles. The molecule has 37 heavy (non-hydrogen) atoms. The van der Waals surface area contributed by atoms with E-state index in [0.29, 0.717) is 30.2 Å². The van der Waals surface area contributed by atoms with Gasteiger partial charge in [-0.2, -0.15) is 0 Å². The second-order valence-electron chi connectivity index (χ2n) is 10.0. The molecule has 2 heterocycles. The van der Waals surface area contributed by atoms with Crippen LogP contribution in [0, 0.1) is 0 Å². The number of piperazine rings is 1. The van der Waals surface area contributed by atoms with E-state index < -0.39 is 5.92 Å². The highest BCUT2D eigenvalue weighted by Crippen LogP contribution is 2.44. The Kier molecular flexibility index (Phi) is 7.92. The molecule has 192 valence electrons. The Morgan fingerprint density at radius 3 is 2.38 bits per heavy atom. The lowest BCUT2D eigenvalue weighted by atomic mass is 9.78. The maximum absolute atomic E-state index is 14.3. The van der Waals surface area contributed by atoms with Gasteiger partial charge < -0.3 is 9.80 Å². The first-order valence-electron chi connectivity index (χ1n) is 13.3. The van der Waals surface area contributed by atoms with Crippen molar-refractivity contribution in [2.24, 2.45) is 0 Å². The number of unbranched alkanes of at least 4 members (excludes halogenated alkanes) is 1. The molecule has 3 aromatic rings. The van der Waals surface area contributed by atoms with Gasteiger partial charge in [0.15, 0.2) is 0 Å². The number of rotatable bonds is 7. The van der Waals surface area contributed by atoms with Gasteiger partial charge in [-0.05, 0) is 41.3 Å². The van der Waals surface area contributed by atoms with E-state index in [-0.39, 0.29) is 17.9 Å². The smallest absolute Gasteiger partial charge is 0.254 e. The number of nitrogens with zero attached hydrogens (tertiary/aromatic N) is 3. The predicted molar refractivity (Wildman–Crippen MR) is 148 cm³/mol. The van der Waals surface area contributed by atoms with Crippen molar-refractivity contribution in [2.45, 2.75) is 38.3 Å². The molecular weight excluding hydrogens is 482 g/mol. The molecule has 0 bridgehead atoms. The first-order valence-corrected chi connectivity index (χ1v) is 13.6. The molecule has 0 radical (unpaired) electrons. The van der Waals surface area contributed by atoms with Crippen LogP contribution in [-0.2, 0) is 11.3 Å². The summed E-state index contributed by atoms with van der Waals surface area (Å²) in [5.74, 6) is -0.388. The summed E-state index contributed by atoms with van der Waals surface area (Å²) in [6.07, 6.45) is 1.85. The molecule has 0 saturated carbocycles. The third-order valence-electron chi connectivity index (χ3n) is 7.58. The van der Waals surface area contributed by atoms with Gasteiger partial charge in [-0.3, -0.25) is 14.5 Å². The highest BCUT2D eigenvalue weighted by atomic mass is 35.5. The molecule has 2 aliphatic rings. The Morgan fingerprint density at radius 2 is 1.65 bits per heavy atom. The predicted octanol–water partition coefficient (Wildman–Crippen LogP) is 5.77. The average Bonchev–Trinajstić information content (AvgIpc) is 2.93. The molecule has 3 aromatic carbocycles. The zero-order valence-corrected chi connectivity index (χ0v) is 22.1. The highest BCUT2D eigenvalue weighted by Gasteiger charge is 2.45. The highest BCUT2D eigenvalue weighted by molar-refractivity contribution is 6.30. The van der Waals surface area contributed by atoms with Gasteiger partial charge in [0, 0.05) is 49.9 Å². The van der Waals surface area contributed by atoms with Crippen molar-refractivity contribution < 1.29 is 9.59 Å². The molecule has 6 heteroatoms. The lowest BCUT2D eigenvalue weighted by molar-refractivity contribution is -0.136. The Balaban J connectivity index is 1.45. The summed E-state index contributed by atoms with van der Waals surface area (Å²) in [7, 11) is 0. The standard InChI is InChI=1S/C31H34ClN3O2/c1-2-3-16-35-29(24-12-9-13-25(32)21-24)28(26-14-7-8-15-27(26)30(35)36)31(37)34-19-17-33(18-20-34)22-23-10-5-4-6-11-23/h4-15,21,28-29H,2-3,16-20,22H2,1H3/t28-,29+/m0/s1. The van der Waals surface area contributed by atoms with Crippen molar-refractivity contribution in [3.63, 3.8) is 0 Å². The molecule has 0 N–H and O–H groups in total. The maximum Gasteiger partial charge on any atom is 0.254 e. The Bertz CT molecular complexity index is 1240. The maximum atomic E-state index is 14.3. The normalized spacial score (nSPS) is 20.1. The van der Waals surface area contributed by atoms with Gasteiger partial charge in [0.25, 0.3) is 5.91 Å². The van der Waals surface area contributed by atoms with Gasteiger partial charge in [0.2, 0.25) is 5.91 Å². The van der Waals surface area contributed by atoms with Crippen LogP contribution in [-0.4, -0.2) is 59.2 Å². The summed E-state index contributed by atoms with van der Waals surface area (Å²) in [6, 6.07) is 25.4. The van der Waals surface area contributed by atoms with Crippen LogP contribution in [0.4, 0.5) is 0 Å². The Labute approximate surface area is 224 Å². The third kappa shape index (κ3) is 5.43. The van der Waals surface area contributed by atoms with E-state index in [2.05, 4.69) is 36.1 Å². The number of benzene rings is 3. The van der Waals surface area contributed by atoms with Gasteiger partial charge in [-0.15, -0.1) is 0 Å². The van der Waals surface area contributed by atoms with Crippen molar-refractivity contribution in [1.82, 2.24) is 14.7 Å². The van der Waals surface area contributed by atoms with Crippen molar-refractivity contribution in [1.29, 1.82) is 0 Å². The van der Waals surface area contributed by atoms with E-state index in [9.17, 15) is 9.59 Å². The topological polar surface area (TPSA) is 43.9 Å². The Hall–Kier alpha value is -3.15. The number of carbonyl (C=O) groups is 2. The monoisotopic (exact) mass is 515 g/mol. The molecule has 2 atom stereocenters. The van der Waals surface area contributed by atoms with Crippen molar-refractivity contribution in [3.8, 4) is 0 Å². The zero-order valence-electron chi connectivity index (χ0n) is 21.4. The van der Waals surface area contributed by atoms with E-state index in [1.165, 1.54) is 5.56 Å². The zero-order chi connectivity index (χ0) is 25.8. The largest absolute Gasteiger partial charge is 0.340 e. The second kappa shape index (κ2) is 11.5. The van der Waals surface area contributed by atoms with Gasteiger partial charge in [0.05, 0.1) is 12.0 Å². The van der Waals surface area contributed by atoms with Crippen molar-refractivity contribution >= 4 is 23.4 Å². The van der Waals surface area contributed by atoms with Crippen LogP contribution in [0.5, 0.6) is 0 Å². The number of carbonyl (C=O) groups excluding carboxylic acids is 2. The molecule has 1 fully saturated rings. The fourth-order valence-electron chi connectivity index (χ4n) is 5.66. The van der Waals surface area contributed by atoms with Crippen LogP contribution in [0.1, 0.15) is 58.8 Å². The molecule has 5 rings (SSSR count). The van der Waals surface area contributed by atoms with Crippen LogP contribution < -0.4 is 0 Å². The van der Waals surface area contributed by atoms with E-state index >= 15 is 0 Å². The van der Waals surface area contributed by atoms with E-state index in [4.69, 9.17) is 11.6 Å². The number of hydrogen-bond donors (Lipinski definition) is 0. The lowest BCUT2D eigenvalue weighted by Crippen LogP contribution is -2.53. The molecular formula is C31H34ClN3O2. The summed E-state index contributed by atoms with van der Waals surface area (Å²) in [5.41, 5.74) is 3.65. The Morgan fingerprint density at radius 1 is 0.919 bits per heavy atom. The van der Waals surface area contributed by atoms with Crippen LogP contribution in [0.15, 0.2) is 78.9 Å². The number of amides is 2. The summed E-state index contributed by atoms with van der Waals surface area (Å²) in [6.45, 7) is 6.62. The summed E-state index contributed by atoms with van der Waals surface area (Å²) in [4.78, 5) is 34.3. The van der Waals surface area contributed by atoms with Crippen LogP contribution >= 0.6 is 11.6 Å². The summed E-state index contributed by atoms with van der Waals surface area (Å²) in [5, 5.41) is 0.611. The van der Waals surface area contributed by atoms with Crippen molar-refractivity contribution in [2.75, 3.05) is 32.7 Å². The minimum atomic E-state index is -0.468. The van der Waals surface area contributed by atoms with Gasteiger partial charge in [-0.25, -0.2) is 0 Å². The molecule has 2 amide bonds. The number of fused-ring (bicyclic) bond motifs is 1. The first kappa shape index (κ1) is 25.5. The fraction of sp³-hybridized carbons (Fsp3) is 0.355. The van der Waals surface area contributed by atoms with Gasteiger partial charge >= 0.3 is 0 Å². The van der Waals surface area contributed by atoms with Crippen molar-refractivity contribution in [3.05, 3.63) is 106 Å². The van der Waals surface area contributed by atoms with Crippen LogP contribution in [0.3, 0.4) is 0 Å². The fourth-order valence-corrected chi connectivity index (χ4v) is 5.86. The van der Waals surface area contributed by atoms with E-state index in [1.54, 1.807) is 0 Å². The quantitative estimate of drug-likeness (QED) is 0.401. The van der Waals surface area contributed by atoms with E-state index in [0.717, 1.165) is 43.6 Å². The summed E-state index contributed by atoms with van der Waals surface area (Å²) < 4.78 is 0. The minimum Gasteiger partial charge on any atom is -0.340 e. The third-order valence-corrected chi connectivity index (χ3v) is 7.82. The lowest BCUT2D eigenvalue weighted by Gasteiger charge is -2.44. The second-order valence-corrected chi connectivity index (χ2v) is 10.4. The molecule has 0 unspecified atom stereocenters. The van der Waals surface area contributed by atoms with Gasteiger partial charge in [0.1, 0.15) is 0 Å².